The second-order valence-electron chi connectivity index (χ2n) is 6.76. The molecule has 0 atom stereocenters. The molecule has 3 aromatic carbocycles. The van der Waals surface area contributed by atoms with Crippen molar-refractivity contribution < 1.29 is 23.1 Å². The van der Waals surface area contributed by atoms with E-state index in [4.69, 9.17) is 5.11 Å². The van der Waals surface area contributed by atoms with E-state index in [2.05, 4.69) is 4.72 Å². The van der Waals surface area contributed by atoms with Gasteiger partial charge >= 0.3 is 5.97 Å². The maximum atomic E-state index is 13.0. The minimum atomic E-state index is -3.95. The number of carbonyl (C=O) groups excluding carboxylic acids is 1. The Balaban J connectivity index is 1.79. The Hall–Kier alpha value is -3.39. The number of carbonyl (C=O) groups is 2. The number of carboxylic acid groups (broad SMARTS) is 1. The van der Waals surface area contributed by atoms with Crippen molar-refractivity contribution in [1.29, 1.82) is 0 Å². The van der Waals surface area contributed by atoms with E-state index in [1.807, 2.05) is 6.92 Å². The van der Waals surface area contributed by atoms with Crippen LogP contribution in [0, 0.1) is 0 Å². The summed E-state index contributed by atoms with van der Waals surface area (Å²) in [4.78, 5) is 25.4. The zero-order valence-electron chi connectivity index (χ0n) is 15.5. The minimum Gasteiger partial charge on any atom is -0.478 e. The molecule has 2 N–H and O–H groups in total. The molecule has 0 saturated carbocycles. The maximum Gasteiger partial charge on any atom is 0.335 e. The number of benzene rings is 3. The van der Waals surface area contributed by atoms with E-state index in [-0.39, 0.29) is 22.1 Å². The third-order valence-electron chi connectivity index (χ3n) is 4.87. The molecule has 1 aliphatic rings. The van der Waals surface area contributed by atoms with Gasteiger partial charge in [0.1, 0.15) is 0 Å². The van der Waals surface area contributed by atoms with Crippen LogP contribution in [0.25, 0.3) is 10.8 Å². The first-order valence-electron chi connectivity index (χ1n) is 9.07. The van der Waals surface area contributed by atoms with Crippen molar-refractivity contribution in [3.63, 3.8) is 0 Å². The van der Waals surface area contributed by atoms with Gasteiger partial charge in [0.2, 0.25) is 0 Å². The normalized spacial score (nSPS) is 13.1. The largest absolute Gasteiger partial charge is 0.478 e. The van der Waals surface area contributed by atoms with E-state index in [1.165, 1.54) is 30.3 Å². The Morgan fingerprint density at radius 1 is 1.07 bits per heavy atom. The van der Waals surface area contributed by atoms with Crippen LogP contribution < -0.4 is 9.62 Å². The molecule has 8 heteroatoms. The predicted octanol–water partition coefficient (Wildman–Crippen LogP) is 3.71. The highest BCUT2D eigenvalue weighted by molar-refractivity contribution is 7.93. The molecule has 7 nitrogen and oxygen atoms in total. The van der Waals surface area contributed by atoms with Crippen LogP contribution >= 0.6 is 0 Å². The quantitative estimate of drug-likeness (QED) is 0.645. The van der Waals surface area contributed by atoms with Crippen LogP contribution in [0.4, 0.5) is 11.4 Å². The molecule has 0 radical (unpaired) electrons. The summed E-state index contributed by atoms with van der Waals surface area (Å²) in [6.45, 7) is 2.54. The van der Waals surface area contributed by atoms with E-state index >= 15 is 0 Å². The summed E-state index contributed by atoms with van der Waals surface area (Å²) in [5, 5.41) is 10.1. The molecule has 29 heavy (non-hydrogen) atoms. The fraction of sp³-hybridized carbons (Fsp3) is 0.143. The van der Waals surface area contributed by atoms with Crippen LogP contribution in [0.1, 0.15) is 34.1 Å². The van der Waals surface area contributed by atoms with E-state index in [0.29, 0.717) is 28.6 Å². The predicted molar refractivity (Wildman–Crippen MR) is 110 cm³/mol. The fourth-order valence-electron chi connectivity index (χ4n) is 3.59. The molecule has 0 spiro atoms. The zero-order valence-corrected chi connectivity index (χ0v) is 16.4. The Labute approximate surface area is 167 Å². The van der Waals surface area contributed by atoms with Crippen molar-refractivity contribution in [3.8, 4) is 0 Å². The number of carboxylic acids is 1. The Morgan fingerprint density at radius 3 is 2.45 bits per heavy atom. The number of hydrogen-bond donors (Lipinski definition) is 2. The third-order valence-corrected chi connectivity index (χ3v) is 6.31. The summed E-state index contributed by atoms with van der Waals surface area (Å²) in [5.74, 6) is -1.22. The van der Waals surface area contributed by atoms with Crippen molar-refractivity contribution in [2.24, 2.45) is 0 Å². The molecule has 148 valence electrons. The topological polar surface area (TPSA) is 104 Å². The molecular weight excluding hydrogens is 392 g/mol. The van der Waals surface area contributed by atoms with Crippen LogP contribution in [0.2, 0.25) is 0 Å². The molecule has 1 heterocycles. The van der Waals surface area contributed by atoms with Crippen molar-refractivity contribution >= 4 is 44.0 Å². The van der Waals surface area contributed by atoms with E-state index < -0.39 is 16.0 Å². The maximum absolute atomic E-state index is 13.0. The average molecular weight is 410 g/mol. The van der Waals surface area contributed by atoms with Crippen LogP contribution in [0.3, 0.4) is 0 Å². The highest BCUT2D eigenvalue weighted by atomic mass is 32.2. The van der Waals surface area contributed by atoms with E-state index in [1.54, 1.807) is 29.2 Å². The van der Waals surface area contributed by atoms with Crippen LogP contribution in [-0.4, -0.2) is 31.9 Å². The number of hydrogen-bond acceptors (Lipinski definition) is 4. The lowest BCUT2D eigenvalue weighted by Crippen LogP contribution is -2.27. The monoisotopic (exact) mass is 410 g/mol. The minimum absolute atomic E-state index is 0.0616. The summed E-state index contributed by atoms with van der Waals surface area (Å²) in [5.41, 5.74) is 1.52. The number of rotatable bonds is 6. The van der Waals surface area contributed by atoms with Gasteiger partial charge in [-0.3, -0.25) is 9.52 Å². The van der Waals surface area contributed by atoms with Gasteiger partial charge in [-0.25, -0.2) is 13.2 Å². The van der Waals surface area contributed by atoms with Gasteiger partial charge in [0, 0.05) is 28.6 Å². The lowest BCUT2D eigenvalue weighted by Gasteiger charge is -2.17. The van der Waals surface area contributed by atoms with Gasteiger partial charge in [-0.1, -0.05) is 19.1 Å². The second kappa shape index (κ2) is 6.89. The lowest BCUT2D eigenvalue weighted by molar-refractivity contribution is 0.0696. The van der Waals surface area contributed by atoms with Crippen molar-refractivity contribution in [2.45, 2.75) is 18.2 Å². The van der Waals surface area contributed by atoms with Gasteiger partial charge < -0.3 is 10.0 Å². The first-order valence-corrected chi connectivity index (χ1v) is 10.6. The first-order chi connectivity index (χ1) is 13.8. The number of sulfonamides is 1. The summed E-state index contributed by atoms with van der Waals surface area (Å²) < 4.78 is 28.6. The van der Waals surface area contributed by atoms with Crippen LogP contribution in [0.5, 0.6) is 0 Å². The second-order valence-corrected chi connectivity index (χ2v) is 8.41. The van der Waals surface area contributed by atoms with Crippen LogP contribution in [-0.2, 0) is 10.0 Å². The highest BCUT2D eigenvalue weighted by Crippen LogP contribution is 2.40. The van der Waals surface area contributed by atoms with E-state index in [9.17, 15) is 18.0 Å². The van der Waals surface area contributed by atoms with Gasteiger partial charge in [0.05, 0.1) is 16.1 Å². The number of amides is 1. The van der Waals surface area contributed by atoms with Gasteiger partial charge in [-0.05, 0) is 48.9 Å². The van der Waals surface area contributed by atoms with Crippen molar-refractivity contribution in [2.75, 3.05) is 16.2 Å². The number of nitrogens with zero attached hydrogens (tertiary/aromatic N) is 1. The summed E-state index contributed by atoms with van der Waals surface area (Å²) in [7, 11) is -3.95. The molecule has 0 unspecified atom stereocenters. The molecule has 0 aliphatic carbocycles. The SMILES string of the molecule is CCCN1C(=O)c2cccc3c(S(=O)(=O)Nc4ccc(C(=O)O)cc4)ccc1c23. The number of anilines is 2. The molecular formula is C21H18N2O5S. The molecule has 0 aromatic heterocycles. The van der Waals surface area contributed by atoms with Crippen molar-refractivity contribution in [3.05, 3.63) is 65.7 Å². The number of aromatic carboxylic acids is 1. The lowest BCUT2D eigenvalue weighted by atomic mass is 10.1. The Morgan fingerprint density at radius 2 is 1.79 bits per heavy atom. The third kappa shape index (κ3) is 3.11. The molecule has 1 amide bonds. The molecule has 0 fully saturated rings. The van der Waals surface area contributed by atoms with Crippen molar-refractivity contribution in [1.82, 2.24) is 0 Å². The smallest absolute Gasteiger partial charge is 0.335 e. The van der Waals surface area contributed by atoms with Gasteiger partial charge in [0.15, 0.2) is 0 Å². The van der Waals surface area contributed by atoms with E-state index in [0.717, 1.165) is 6.42 Å². The Bertz CT molecular complexity index is 1250. The van der Waals surface area contributed by atoms with Crippen LogP contribution in [0.15, 0.2) is 59.5 Å². The molecule has 3 aromatic rings. The average Bonchev–Trinajstić information content (AvgIpc) is 2.96. The standard InChI is InChI=1S/C21H18N2O5S/c1-2-12-23-17-10-11-18(15-4-3-5-16(19(15)17)20(23)24)29(27,28)22-14-8-6-13(7-9-14)21(25)26/h3-11,22H,2,12H2,1H3,(H,25,26). The molecule has 4 rings (SSSR count). The number of nitrogens with one attached hydrogen (secondary N) is 1. The summed E-state index contributed by atoms with van der Waals surface area (Å²) in [6.07, 6.45) is 0.787. The van der Waals surface area contributed by atoms with Gasteiger partial charge in [-0.2, -0.15) is 0 Å². The summed E-state index contributed by atoms with van der Waals surface area (Å²) >= 11 is 0. The molecule has 0 bridgehead atoms. The van der Waals surface area contributed by atoms with Gasteiger partial charge in [0.25, 0.3) is 15.9 Å². The first kappa shape index (κ1) is 18.9. The summed E-state index contributed by atoms with van der Waals surface area (Å²) in [6, 6.07) is 13.7. The highest BCUT2D eigenvalue weighted by Gasteiger charge is 2.31. The fourth-order valence-corrected chi connectivity index (χ4v) is 4.85. The van der Waals surface area contributed by atoms with Gasteiger partial charge in [-0.15, -0.1) is 0 Å². The molecule has 0 saturated heterocycles. The zero-order chi connectivity index (χ0) is 20.8. The Kier molecular flexibility index (Phi) is 4.50. The molecule has 1 aliphatic heterocycles.